The lowest BCUT2D eigenvalue weighted by Gasteiger charge is -2.23. The highest BCUT2D eigenvalue weighted by molar-refractivity contribution is 8.01. The van der Waals surface area contributed by atoms with Gasteiger partial charge in [0, 0.05) is 15.9 Å². The molecule has 19 heavy (non-hydrogen) atoms. The monoisotopic (exact) mass is 300 g/mol. The molecule has 0 unspecified atom stereocenters. The van der Waals surface area contributed by atoms with E-state index in [1.54, 1.807) is 11.8 Å². The van der Waals surface area contributed by atoms with Gasteiger partial charge < -0.3 is 5.11 Å². The Kier molecular flexibility index (Phi) is 7.73. The smallest absolute Gasteiger partial charge is 0.0667 e. The maximum atomic E-state index is 12.3. The molecule has 0 fully saturated rings. The maximum absolute atomic E-state index is 12.3. The largest absolute Gasteiger partial charge is 0.392 e. The molecule has 108 valence electrons. The summed E-state index contributed by atoms with van der Waals surface area (Å²) in [4.78, 5) is 0.848. The van der Waals surface area contributed by atoms with Crippen molar-refractivity contribution in [1.29, 1.82) is 0 Å². The van der Waals surface area contributed by atoms with Gasteiger partial charge in [-0.1, -0.05) is 45.4 Å². The zero-order chi connectivity index (χ0) is 14.3. The van der Waals surface area contributed by atoms with Gasteiger partial charge in [0.15, 0.2) is 0 Å². The topological polar surface area (TPSA) is 37.3 Å². The van der Waals surface area contributed by atoms with Gasteiger partial charge in [-0.05, 0) is 23.8 Å². The van der Waals surface area contributed by atoms with Gasteiger partial charge in [-0.2, -0.15) is 11.8 Å². The number of rotatable bonds is 8. The van der Waals surface area contributed by atoms with Gasteiger partial charge in [-0.25, -0.2) is 0 Å². The first-order valence-electron chi connectivity index (χ1n) is 6.81. The summed E-state index contributed by atoms with van der Waals surface area (Å²) in [6.07, 6.45) is 1.36. The number of benzene rings is 1. The van der Waals surface area contributed by atoms with E-state index >= 15 is 0 Å². The van der Waals surface area contributed by atoms with Crippen LogP contribution in [0.25, 0.3) is 0 Å². The summed E-state index contributed by atoms with van der Waals surface area (Å²) in [5, 5.41) is 10.7. The number of thioether (sulfide) groups is 1. The highest BCUT2D eigenvalue weighted by Gasteiger charge is 2.23. The van der Waals surface area contributed by atoms with Gasteiger partial charge in [-0.15, -0.1) is 0 Å². The molecule has 1 aromatic rings. The second-order valence-corrected chi connectivity index (χ2v) is 8.22. The Hall–Kier alpha value is -0.320. The quantitative estimate of drug-likeness (QED) is 0.799. The molecule has 0 heterocycles. The van der Waals surface area contributed by atoms with E-state index < -0.39 is 10.8 Å². The molecule has 0 aliphatic heterocycles. The Morgan fingerprint density at radius 3 is 2.42 bits per heavy atom. The molecule has 0 saturated carbocycles. The summed E-state index contributed by atoms with van der Waals surface area (Å²) in [5.74, 6) is 0.522. The molecular formula is C15H24O2S2. The zero-order valence-electron chi connectivity index (χ0n) is 11.9. The van der Waals surface area contributed by atoms with Crippen LogP contribution < -0.4 is 0 Å². The molecule has 0 bridgehead atoms. The molecule has 0 aliphatic rings. The van der Waals surface area contributed by atoms with Gasteiger partial charge in [0.25, 0.3) is 0 Å². The Labute approximate surface area is 123 Å². The van der Waals surface area contributed by atoms with Crippen LogP contribution in [0.1, 0.15) is 33.6 Å². The molecule has 3 atom stereocenters. The summed E-state index contributed by atoms with van der Waals surface area (Å²) in [6, 6.07) is 9.51. The highest BCUT2D eigenvalue weighted by Crippen LogP contribution is 2.25. The molecule has 0 aromatic heterocycles. The second kappa shape index (κ2) is 8.77. The van der Waals surface area contributed by atoms with Crippen molar-refractivity contribution in [2.24, 2.45) is 0 Å². The first-order chi connectivity index (χ1) is 9.04. The second-order valence-electron chi connectivity index (χ2n) is 4.90. The summed E-state index contributed by atoms with van der Waals surface area (Å²) in [7, 11) is -1.03. The van der Waals surface area contributed by atoms with Gasteiger partial charge in [0.1, 0.15) is 0 Å². The van der Waals surface area contributed by atoms with Crippen molar-refractivity contribution in [3.63, 3.8) is 0 Å². The lowest BCUT2D eigenvalue weighted by atomic mass is 10.1. The minimum absolute atomic E-state index is 0.0426. The van der Waals surface area contributed by atoms with E-state index in [1.807, 2.05) is 30.3 Å². The van der Waals surface area contributed by atoms with Crippen molar-refractivity contribution < 1.29 is 9.32 Å². The predicted octanol–water partition coefficient (Wildman–Crippen LogP) is 3.47. The van der Waals surface area contributed by atoms with Crippen molar-refractivity contribution >= 4 is 22.6 Å². The predicted molar refractivity (Wildman–Crippen MR) is 85.1 cm³/mol. The molecule has 0 spiro atoms. The Balaban J connectivity index is 2.68. The van der Waals surface area contributed by atoms with E-state index in [1.165, 1.54) is 0 Å². The zero-order valence-corrected chi connectivity index (χ0v) is 13.5. The van der Waals surface area contributed by atoms with Crippen LogP contribution in [0, 0.1) is 0 Å². The molecule has 0 radical (unpaired) electrons. The fourth-order valence-electron chi connectivity index (χ4n) is 1.89. The summed E-state index contributed by atoms with van der Waals surface area (Å²) < 4.78 is 12.3. The van der Waals surface area contributed by atoms with Crippen LogP contribution in [-0.2, 0) is 10.8 Å². The number of hydrogen-bond acceptors (Lipinski definition) is 3. The van der Waals surface area contributed by atoms with E-state index in [9.17, 15) is 9.32 Å². The third-order valence-electron chi connectivity index (χ3n) is 2.78. The summed E-state index contributed by atoms with van der Waals surface area (Å²) >= 11 is 1.73. The van der Waals surface area contributed by atoms with Crippen LogP contribution >= 0.6 is 11.8 Å². The van der Waals surface area contributed by atoms with Crippen molar-refractivity contribution in [3.05, 3.63) is 30.3 Å². The number of aliphatic hydroxyl groups excluding tert-OH is 1. The molecule has 0 amide bonds. The molecule has 4 heteroatoms. The summed E-state index contributed by atoms with van der Waals surface area (Å²) in [5.41, 5.74) is 0. The van der Waals surface area contributed by atoms with Crippen LogP contribution in [0.15, 0.2) is 35.2 Å². The van der Waals surface area contributed by atoms with Crippen LogP contribution in [0.5, 0.6) is 0 Å². The van der Waals surface area contributed by atoms with Gasteiger partial charge >= 0.3 is 0 Å². The van der Waals surface area contributed by atoms with E-state index in [0.29, 0.717) is 11.0 Å². The lowest BCUT2D eigenvalue weighted by molar-refractivity contribution is 0.165. The van der Waals surface area contributed by atoms with Crippen molar-refractivity contribution in [1.82, 2.24) is 0 Å². The van der Waals surface area contributed by atoms with E-state index in [2.05, 4.69) is 20.8 Å². The highest BCUT2D eigenvalue weighted by atomic mass is 32.2. The molecule has 0 saturated heterocycles. The average Bonchev–Trinajstić information content (AvgIpc) is 2.38. The van der Waals surface area contributed by atoms with E-state index in [4.69, 9.17) is 0 Å². The molecule has 1 aromatic carbocycles. The Bertz CT molecular complexity index is 379. The fraction of sp³-hybridized carbons (Fsp3) is 0.600. The van der Waals surface area contributed by atoms with Gasteiger partial charge in [0.05, 0.1) is 16.9 Å². The average molecular weight is 300 g/mol. The Morgan fingerprint density at radius 2 is 1.89 bits per heavy atom. The van der Waals surface area contributed by atoms with E-state index in [-0.39, 0.29) is 11.4 Å². The van der Waals surface area contributed by atoms with Crippen LogP contribution in [0.4, 0.5) is 0 Å². The molecule has 0 aliphatic carbocycles. The lowest BCUT2D eigenvalue weighted by Crippen LogP contribution is -2.30. The minimum atomic E-state index is -1.03. The molecule has 1 rings (SSSR count). The third kappa shape index (κ3) is 6.11. The first-order valence-corrected chi connectivity index (χ1v) is 9.07. The molecule has 2 nitrogen and oxygen atoms in total. The SMILES string of the molecule is CCC[C@@H](O)[C@H](C[S@](=O)c1ccccc1)SC(C)C. The van der Waals surface area contributed by atoms with Crippen molar-refractivity contribution in [2.75, 3.05) is 5.75 Å². The third-order valence-corrected chi connectivity index (χ3v) is 5.83. The first kappa shape index (κ1) is 16.7. The Morgan fingerprint density at radius 1 is 1.26 bits per heavy atom. The van der Waals surface area contributed by atoms with Gasteiger partial charge in [0.2, 0.25) is 0 Å². The van der Waals surface area contributed by atoms with Crippen molar-refractivity contribution in [2.45, 2.75) is 55.1 Å². The van der Waals surface area contributed by atoms with Crippen molar-refractivity contribution in [3.8, 4) is 0 Å². The fourth-order valence-corrected chi connectivity index (χ4v) is 4.77. The maximum Gasteiger partial charge on any atom is 0.0667 e. The standard InChI is InChI=1S/C15H24O2S2/c1-4-8-14(16)15(18-12(2)3)11-19(17)13-9-6-5-7-10-13/h5-7,9-10,12,14-16H,4,8,11H2,1-3H3/t14-,15+,19+/m1/s1. The van der Waals surface area contributed by atoms with Crippen LogP contribution in [0.3, 0.4) is 0 Å². The van der Waals surface area contributed by atoms with Crippen LogP contribution in [-0.4, -0.2) is 31.7 Å². The minimum Gasteiger partial charge on any atom is -0.392 e. The normalized spacial score (nSPS) is 16.3. The molecular weight excluding hydrogens is 276 g/mol. The summed E-state index contributed by atoms with van der Waals surface area (Å²) in [6.45, 7) is 6.29. The molecule has 1 N–H and O–H groups in total. The van der Waals surface area contributed by atoms with Gasteiger partial charge in [-0.3, -0.25) is 4.21 Å². The number of hydrogen-bond donors (Lipinski definition) is 1. The van der Waals surface area contributed by atoms with Crippen LogP contribution in [0.2, 0.25) is 0 Å². The number of aliphatic hydroxyl groups is 1. The van der Waals surface area contributed by atoms with E-state index in [0.717, 1.165) is 17.7 Å².